The summed E-state index contributed by atoms with van der Waals surface area (Å²) >= 11 is 3.66. The lowest BCUT2D eigenvalue weighted by molar-refractivity contribution is -0.131. The minimum absolute atomic E-state index is 0.0467. The van der Waals surface area contributed by atoms with E-state index in [0.717, 1.165) is 19.3 Å². The molecule has 3 nitrogen and oxygen atoms in total. The molecule has 17 heavy (non-hydrogen) atoms. The molecule has 1 N–H and O–H groups in total. The summed E-state index contributed by atoms with van der Waals surface area (Å²) in [5.74, 6) is 1.01. The third kappa shape index (κ3) is 4.25. The van der Waals surface area contributed by atoms with Gasteiger partial charge in [0, 0.05) is 18.0 Å². The zero-order chi connectivity index (χ0) is 12.8. The van der Waals surface area contributed by atoms with Crippen LogP contribution in [0.15, 0.2) is 0 Å². The highest BCUT2D eigenvalue weighted by Crippen LogP contribution is 2.21. The molecule has 0 aromatic rings. The van der Waals surface area contributed by atoms with Crippen LogP contribution in [0.5, 0.6) is 0 Å². The molecule has 0 aromatic carbocycles. The molecule has 0 saturated carbocycles. The van der Waals surface area contributed by atoms with E-state index in [2.05, 4.69) is 42.0 Å². The molecule has 3 atom stereocenters. The first-order valence-corrected chi connectivity index (χ1v) is 7.55. The van der Waals surface area contributed by atoms with Crippen LogP contribution in [-0.4, -0.2) is 30.0 Å². The monoisotopic (exact) mass is 305 g/mol. The van der Waals surface area contributed by atoms with E-state index in [1.165, 1.54) is 0 Å². The molecule has 1 heterocycles. The molecule has 1 amide bonds. The van der Waals surface area contributed by atoms with E-state index in [1.807, 2.05) is 0 Å². The first-order chi connectivity index (χ1) is 8.10. The molecule has 1 aliphatic heterocycles. The summed E-state index contributed by atoms with van der Waals surface area (Å²) in [7, 11) is 0. The number of amides is 1. The van der Waals surface area contributed by atoms with Crippen LogP contribution in [0.1, 0.15) is 40.0 Å². The summed E-state index contributed by atoms with van der Waals surface area (Å²) in [6.07, 6.45) is 3.02. The molecular formula is C13H24BrNO2. The molecule has 0 bridgehead atoms. The summed E-state index contributed by atoms with van der Waals surface area (Å²) in [5.41, 5.74) is 0. The standard InChI is InChI=1S/C13H24BrNO2/c1-4-10(5-2)11(14)8-15-13(16)12-9(3)6-7-17-12/h9-12H,4-8H2,1-3H3,(H,15,16). The molecule has 0 spiro atoms. The minimum atomic E-state index is -0.239. The second-order valence-corrected chi connectivity index (χ2v) is 6.07. The number of nitrogens with one attached hydrogen (secondary N) is 1. The van der Waals surface area contributed by atoms with Gasteiger partial charge in [0.2, 0.25) is 5.91 Å². The van der Waals surface area contributed by atoms with E-state index in [-0.39, 0.29) is 12.0 Å². The normalized spacial score (nSPS) is 26.2. The van der Waals surface area contributed by atoms with Gasteiger partial charge in [-0.05, 0) is 18.3 Å². The quantitative estimate of drug-likeness (QED) is 0.766. The molecule has 0 radical (unpaired) electrons. The van der Waals surface area contributed by atoms with Gasteiger partial charge in [-0.15, -0.1) is 0 Å². The van der Waals surface area contributed by atoms with Gasteiger partial charge in [0.1, 0.15) is 6.10 Å². The first kappa shape index (κ1) is 15.0. The lowest BCUT2D eigenvalue weighted by atomic mass is 9.99. The summed E-state index contributed by atoms with van der Waals surface area (Å²) in [5, 5.41) is 2.99. The Hall–Kier alpha value is -0.0900. The molecule has 1 saturated heterocycles. The van der Waals surface area contributed by atoms with E-state index in [9.17, 15) is 4.79 Å². The van der Waals surface area contributed by atoms with Crippen molar-refractivity contribution >= 4 is 21.8 Å². The highest BCUT2D eigenvalue weighted by molar-refractivity contribution is 9.09. The van der Waals surface area contributed by atoms with Crippen molar-refractivity contribution in [2.75, 3.05) is 13.2 Å². The number of halogens is 1. The fraction of sp³-hybridized carbons (Fsp3) is 0.923. The van der Waals surface area contributed by atoms with Crippen molar-refractivity contribution in [3.05, 3.63) is 0 Å². The Bertz CT molecular complexity index is 244. The molecule has 0 aliphatic carbocycles. The third-order valence-corrected chi connectivity index (χ3v) is 4.75. The van der Waals surface area contributed by atoms with Crippen LogP contribution in [-0.2, 0) is 9.53 Å². The van der Waals surface area contributed by atoms with Crippen molar-refractivity contribution in [3.63, 3.8) is 0 Å². The lowest BCUT2D eigenvalue weighted by Gasteiger charge is -2.21. The van der Waals surface area contributed by atoms with E-state index in [4.69, 9.17) is 4.74 Å². The zero-order valence-electron chi connectivity index (χ0n) is 11.0. The zero-order valence-corrected chi connectivity index (χ0v) is 12.6. The fourth-order valence-corrected chi connectivity index (χ4v) is 3.21. The molecular weight excluding hydrogens is 282 g/mol. The maximum atomic E-state index is 11.9. The Labute approximate surface area is 113 Å². The van der Waals surface area contributed by atoms with Crippen molar-refractivity contribution < 1.29 is 9.53 Å². The number of carbonyl (C=O) groups excluding carboxylic acids is 1. The highest BCUT2D eigenvalue weighted by Gasteiger charge is 2.31. The smallest absolute Gasteiger partial charge is 0.249 e. The van der Waals surface area contributed by atoms with Crippen LogP contribution in [0, 0.1) is 11.8 Å². The van der Waals surface area contributed by atoms with E-state index >= 15 is 0 Å². The summed E-state index contributed by atoms with van der Waals surface area (Å²) < 4.78 is 5.45. The van der Waals surface area contributed by atoms with Crippen molar-refractivity contribution in [2.24, 2.45) is 11.8 Å². The molecule has 100 valence electrons. The number of alkyl halides is 1. The van der Waals surface area contributed by atoms with Crippen LogP contribution < -0.4 is 5.32 Å². The Morgan fingerprint density at radius 3 is 2.59 bits per heavy atom. The average Bonchev–Trinajstić information content (AvgIpc) is 2.74. The Balaban J connectivity index is 2.32. The highest BCUT2D eigenvalue weighted by atomic mass is 79.9. The number of hydrogen-bond donors (Lipinski definition) is 1. The molecule has 1 fully saturated rings. The largest absolute Gasteiger partial charge is 0.368 e. The second-order valence-electron chi connectivity index (χ2n) is 4.90. The van der Waals surface area contributed by atoms with Gasteiger partial charge in [-0.25, -0.2) is 0 Å². The van der Waals surface area contributed by atoms with E-state index in [0.29, 0.717) is 29.8 Å². The topological polar surface area (TPSA) is 38.3 Å². The van der Waals surface area contributed by atoms with Crippen LogP contribution >= 0.6 is 15.9 Å². The number of carbonyl (C=O) groups is 1. The van der Waals surface area contributed by atoms with Crippen molar-refractivity contribution in [1.29, 1.82) is 0 Å². The van der Waals surface area contributed by atoms with Crippen LogP contribution in [0.3, 0.4) is 0 Å². The van der Waals surface area contributed by atoms with Gasteiger partial charge in [-0.3, -0.25) is 4.79 Å². The number of rotatable bonds is 6. The predicted molar refractivity (Wildman–Crippen MR) is 73.3 cm³/mol. The maximum absolute atomic E-state index is 11.9. The minimum Gasteiger partial charge on any atom is -0.368 e. The first-order valence-electron chi connectivity index (χ1n) is 6.63. The van der Waals surface area contributed by atoms with Crippen molar-refractivity contribution in [2.45, 2.75) is 51.0 Å². The van der Waals surface area contributed by atoms with Crippen molar-refractivity contribution in [1.82, 2.24) is 5.32 Å². The summed E-state index contributed by atoms with van der Waals surface area (Å²) in [6.45, 7) is 7.85. The van der Waals surface area contributed by atoms with Gasteiger partial charge in [-0.1, -0.05) is 49.5 Å². The van der Waals surface area contributed by atoms with Crippen LogP contribution in [0.4, 0.5) is 0 Å². The fourth-order valence-electron chi connectivity index (χ4n) is 2.30. The van der Waals surface area contributed by atoms with Gasteiger partial charge in [-0.2, -0.15) is 0 Å². The Morgan fingerprint density at radius 1 is 1.47 bits per heavy atom. The van der Waals surface area contributed by atoms with Gasteiger partial charge in [0.25, 0.3) is 0 Å². The van der Waals surface area contributed by atoms with Gasteiger partial charge in [0.15, 0.2) is 0 Å². The molecule has 0 aromatic heterocycles. The predicted octanol–water partition coefficient (Wildman–Crippen LogP) is 2.73. The van der Waals surface area contributed by atoms with Crippen molar-refractivity contribution in [3.8, 4) is 0 Å². The number of hydrogen-bond acceptors (Lipinski definition) is 2. The summed E-state index contributed by atoms with van der Waals surface area (Å²) in [4.78, 5) is 12.3. The summed E-state index contributed by atoms with van der Waals surface area (Å²) in [6, 6.07) is 0. The molecule has 4 heteroatoms. The third-order valence-electron chi connectivity index (χ3n) is 3.68. The Kier molecular flexibility index (Phi) is 6.49. The SMILES string of the molecule is CCC(CC)C(Br)CNC(=O)C1OCCC1C. The number of ether oxygens (including phenoxy) is 1. The molecule has 1 rings (SSSR count). The maximum Gasteiger partial charge on any atom is 0.249 e. The second kappa shape index (κ2) is 7.37. The molecule has 3 unspecified atom stereocenters. The van der Waals surface area contributed by atoms with Gasteiger partial charge < -0.3 is 10.1 Å². The van der Waals surface area contributed by atoms with Gasteiger partial charge >= 0.3 is 0 Å². The lowest BCUT2D eigenvalue weighted by Crippen LogP contribution is -2.41. The Morgan fingerprint density at radius 2 is 2.12 bits per heavy atom. The van der Waals surface area contributed by atoms with E-state index < -0.39 is 0 Å². The van der Waals surface area contributed by atoms with Crippen LogP contribution in [0.2, 0.25) is 0 Å². The molecule has 1 aliphatic rings. The van der Waals surface area contributed by atoms with Crippen LogP contribution in [0.25, 0.3) is 0 Å². The van der Waals surface area contributed by atoms with E-state index in [1.54, 1.807) is 0 Å². The van der Waals surface area contributed by atoms with Gasteiger partial charge in [0.05, 0.1) is 0 Å². The average molecular weight is 306 g/mol.